The lowest BCUT2D eigenvalue weighted by Gasteiger charge is -2.33. The van der Waals surface area contributed by atoms with Crippen molar-refractivity contribution in [3.05, 3.63) is 65.6 Å². The lowest BCUT2D eigenvalue weighted by atomic mass is 9.94. The number of carboxylic acid groups (broad SMARTS) is 1. The van der Waals surface area contributed by atoms with E-state index in [-0.39, 0.29) is 5.69 Å². The number of fused-ring (bicyclic) bond motifs is 1. The number of nitrogens with zero attached hydrogens (tertiary/aromatic N) is 4. The molecule has 25 heavy (non-hydrogen) atoms. The summed E-state index contributed by atoms with van der Waals surface area (Å²) in [5, 5.41) is 13.4. The molecule has 1 atom stereocenters. The fraction of sp³-hybridized carbons (Fsp3) is 0.316. The van der Waals surface area contributed by atoms with Crippen molar-refractivity contribution in [1.29, 1.82) is 0 Å². The van der Waals surface area contributed by atoms with Crippen molar-refractivity contribution < 1.29 is 9.90 Å². The van der Waals surface area contributed by atoms with Crippen molar-refractivity contribution >= 4 is 11.6 Å². The van der Waals surface area contributed by atoms with Crippen LogP contribution in [0.2, 0.25) is 0 Å². The topological polar surface area (TPSA) is 70.7 Å². The summed E-state index contributed by atoms with van der Waals surface area (Å²) in [6.45, 7) is 2.96. The van der Waals surface area contributed by atoms with Gasteiger partial charge in [-0.15, -0.1) is 0 Å². The van der Waals surface area contributed by atoms with Gasteiger partial charge in [0.2, 0.25) is 0 Å². The van der Waals surface area contributed by atoms with Crippen LogP contribution in [-0.2, 0) is 6.54 Å². The number of carboxylic acids is 1. The van der Waals surface area contributed by atoms with Gasteiger partial charge in [0.05, 0.1) is 5.69 Å². The quantitative estimate of drug-likeness (QED) is 0.793. The Balaban J connectivity index is 1.59. The molecule has 0 aliphatic carbocycles. The Morgan fingerprint density at radius 2 is 2.08 bits per heavy atom. The van der Waals surface area contributed by atoms with Gasteiger partial charge in [0, 0.05) is 31.3 Å². The summed E-state index contributed by atoms with van der Waals surface area (Å²) in [7, 11) is 0. The number of aromatic nitrogens is 3. The molecule has 1 aliphatic heterocycles. The summed E-state index contributed by atoms with van der Waals surface area (Å²) < 4.78 is 1.69. The third kappa shape index (κ3) is 3.25. The number of aromatic carboxylic acids is 1. The van der Waals surface area contributed by atoms with E-state index in [2.05, 4.69) is 39.2 Å². The lowest BCUT2D eigenvalue weighted by molar-refractivity contribution is 0.0690. The highest BCUT2D eigenvalue weighted by Crippen LogP contribution is 2.28. The minimum atomic E-state index is -1.02. The first kappa shape index (κ1) is 15.8. The van der Waals surface area contributed by atoms with Crippen LogP contribution in [0.25, 0.3) is 5.65 Å². The Bertz CT molecular complexity index is 891. The number of benzene rings is 1. The molecule has 0 saturated carbocycles. The molecule has 0 radical (unpaired) electrons. The Labute approximate surface area is 145 Å². The Hall–Kier alpha value is -2.73. The summed E-state index contributed by atoms with van der Waals surface area (Å²) in [4.78, 5) is 17.9. The fourth-order valence-corrected chi connectivity index (χ4v) is 3.61. The van der Waals surface area contributed by atoms with Gasteiger partial charge in [-0.1, -0.05) is 30.3 Å². The molecule has 0 spiro atoms. The molecule has 1 aliphatic rings. The number of likely N-dealkylation sites (tertiary alicyclic amines) is 1. The van der Waals surface area contributed by atoms with Crippen LogP contribution in [0, 0.1) is 0 Å². The van der Waals surface area contributed by atoms with E-state index in [1.165, 1.54) is 11.6 Å². The largest absolute Gasteiger partial charge is 0.476 e. The molecular formula is C19H20N4O2. The van der Waals surface area contributed by atoms with Crippen LogP contribution in [0.3, 0.4) is 0 Å². The smallest absolute Gasteiger partial charge is 0.356 e. The van der Waals surface area contributed by atoms with E-state index < -0.39 is 5.97 Å². The van der Waals surface area contributed by atoms with E-state index in [0.717, 1.165) is 38.2 Å². The molecule has 1 fully saturated rings. The van der Waals surface area contributed by atoms with Gasteiger partial charge in [-0.05, 0) is 31.0 Å². The van der Waals surface area contributed by atoms with Gasteiger partial charge >= 0.3 is 5.97 Å². The van der Waals surface area contributed by atoms with Crippen LogP contribution in [0.4, 0.5) is 0 Å². The average Bonchev–Trinajstić information content (AvgIpc) is 3.07. The zero-order valence-electron chi connectivity index (χ0n) is 13.9. The Morgan fingerprint density at radius 3 is 2.88 bits per heavy atom. The Morgan fingerprint density at radius 1 is 1.24 bits per heavy atom. The molecule has 1 unspecified atom stereocenters. The third-order valence-corrected chi connectivity index (χ3v) is 4.78. The van der Waals surface area contributed by atoms with Crippen molar-refractivity contribution in [3.63, 3.8) is 0 Å². The molecule has 3 aromatic rings. The normalized spacial score (nSPS) is 18.5. The molecule has 0 amide bonds. The van der Waals surface area contributed by atoms with Crippen LogP contribution in [0.15, 0.2) is 48.7 Å². The SMILES string of the molecule is O=C(O)c1cc2nccc(C3CCCN(Cc4ccccc4)C3)n2n1. The predicted octanol–water partition coefficient (Wildman–Crippen LogP) is 2.81. The molecule has 1 saturated heterocycles. The van der Waals surface area contributed by atoms with Crippen LogP contribution in [0.1, 0.15) is 40.5 Å². The van der Waals surface area contributed by atoms with E-state index in [9.17, 15) is 9.90 Å². The average molecular weight is 336 g/mol. The molecule has 1 aromatic carbocycles. The van der Waals surface area contributed by atoms with Gasteiger partial charge in [-0.3, -0.25) is 4.90 Å². The second kappa shape index (κ2) is 6.64. The summed E-state index contributed by atoms with van der Waals surface area (Å²) in [6, 6.07) is 14.0. The summed E-state index contributed by atoms with van der Waals surface area (Å²) in [6.07, 6.45) is 3.94. The van der Waals surface area contributed by atoms with Gasteiger partial charge in [-0.25, -0.2) is 14.3 Å². The highest BCUT2D eigenvalue weighted by atomic mass is 16.4. The molecule has 1 N–H and O–H groups in total. The molecule has 6 heteroatoms. The van der Waals surface area contributed by atoms with Crippen molar-refractivity contribution in [3.8, 4) is 0 Å². The molecule has 4 rings (SSSR count). The van der Waals surface area contributed by atoms with Gasteiger partial charge in [-0.2, -0.15) is 5.10 Å². The number of rotatable bonds is 4. The standard InChI is InChI=1S/C19H20N4O2/c24-19(25)16-11-18-20-9-8-17(23(18)21-16)15-7-4-10-22(13-15)12-14-5-2-1-3-6-14/h1-3,5-6,8-9,11,15H,4,7,10,12-13H2,(H,24,25). The second-order valence-electron chi connectivity index (χ2n) is 6.53. The first-order valence-electron chi connectivity index (χ1n) is 8.55. The van der Waals surface area contributed by atoms with Crippen molar-refractivity contribution in [2.45, 2.75) is 25.3 Å². The van der Waals surface area contributed by atoms with Gasteiger partial charge in [0.25, 0.3) is 0 Å². The van der Waals surface area contributed by atoms with E-state index in [0.29, 0.717) is 11.6 Å². The van der Waals surface area contributed by atoms with Crippen LogP contribution < -0.4 is 0 Å². The molecule has 0 bridgehead atoms. The highest BCUT2D eigenvalue weighted by molar-refractivity contribution is 5.86. The number of hydrogen-bond acceptors (Lipinski definition) is 4. The lowest BCUT2D eigenvalue weighted by Crippen LogP contribution is -2.34. The van der Waals surface area contributed by atoms with Crippen LogP contribution in [0.5, 0.6) is 0 Å². The molecule has 3 heterocycles. The molecular weight excluding hydrogens is 316 g/mol. The highest BCUT2D eigenvalue weighted by Gasteiger charge is 2.24. The first-order chi connectivity index (χ1) is 12.2. The van der Waals surface area contributed by atoms with Crippen molar-refractivity contribution in [2.75, 3.05) is 13.1 Å². The summed E-state index contributed by atoms with van der Waals surface area (Å²) in [5.41, 5.74) is 2.98. The Kier molecular flexibility index (Phi) is 4.19. The number of hydrogen-bond donors (Lipinski definition) is 1. The fourth-order valence-electron chi connectivity index (χ4n) is 3.61. The minimum Gasteiger partial charge on any atom is -0.476 e. The molecule has 2 aromatic heterocycles. The van der Waals surface area contributed by atoms with E-state index in [1.807, 2.05) is 12.1 Å². The van der Waals surface area contributed by atoms with Gasteiger partial charge in [0.15, 0.2) is 11.3 Å². The monoisotopic (exact) mass is 336 g/mol. The zero-order chi connectivity index (χ0) is 17.2. The minimum absolute atomic E-state index is 0.0388. The zero-order valence-corrected chi connectivity index (χ0v) is 13.9. The maximum absolute atomic E-state index is 11.2. The number of carbonyl (C=O) groups is 1. The summed E-state index contributed by atoms with van der Waals surface area (Å²) in [5.74, 6) is -0.699. The van der Waals surface area contributed by atoms with E-state index in [1.54, 1.807) is 10.7 Å². The second-order valence-corrected chi connectivity index (χ2v) is 6.53. The van der Waals surface area contributed by atoms with Crippen molar-refractivity contribution in [1.82, 2.24) is 19.5 Å². The van der Waals surface area contributed by atoms with Crippen LogP contribution in [-0.4, -0.2) is 43.7 Å². The maximum atomic E-state index is 11.2. The van der Waals surface area contributed by atoms with Crippen LogP contribution >= 0.6 is 0 Å². The third-order valence-electron chi connectivity index (χ3n) is 4.78. The van der Waals surface area contributed by atoms with Crippen molar-refractivity contribution in [2.24, 2.45) is 0 Å². The van der Waals surface area contributed by atoms with Gasteiger partial charge < -0.3 is 5.11 Å². The maximum Gasteiger partial charge on any atom is 0.356 e. The van der Waals surface area contributed by atoms with Gasteiger partial charge in [0.1, 0.15) is 0 Å². The summed E-state index contributed by atoms with van der Waals surface area (Å²) >= 11 is 0. The molecule has 128 valence electrons. The van der Waals surface area contributed by atoms with E-state index in [4.69, 9.17) is 0 Å². The van der Waals surface area contributed by atoms with E-state index >= 15 is 0 Å². The number of piperidine rings is 1. The first-order valence-corrected chi connectivity index (χ1v) is 8.55. The molecule has 6 nitrogen and oxygen atoms in total. The predicted molar refractivity (Wildman–Crippen MR) is 93.6 cm³/mol.